The van der Waals surface area contributed by atoms with Crippen molar-refractivity contribution in [1.29, 1.82) is 0 Å². The molecule has 0 heterocycles. The summed E-state index contributed by atoms with van der Waals surface area (Å²) in [5.41, 5.74) is 0.482. The summed E-state index contributed by atoms with van der Waals surface area (Å²) in [4.78, 5) is 13.2. The van der Waals surface area contributed by atoms with Gasteiger partial charge in [-0.15, -0.1) is 0 Å². The van der Waals surface area contributed by atoms with Crippen molar-refractivity contribution < 1.29 is 17.9 Å². The van der Waals surface area contributed by atoms with E-state index in [4.69, 9.17) is 4.74 Å². The highest BCUT2D eigenvalue weighted by molar-refractivity contribution is 7.92. The van der Waals surface area contributed by atoms with E-state index in [1.807, 2.05) is 0 Å². The van der Waals surface area contributed by atoms with E-state index >= 15 is 0 Å². The predicted octanol–water partition coefficient (Wildman–Crippen LogP) is 2.43. The molecule has 20 heavy (non-hydrogen) atoms. The Morgan fingerprint density at radius 2 is 1.70 bits per heavy atom. The molecular formula is C13H20N2O4S. The molecule has 0 spiro atoms. The molecular weight excluding hydrogens is 280 g/mol. The normalized spacial score (nSPS) is 11.8. The van der Waals surface area contributed by atoms with Crippen LogP contribution >= 0.6 is 0 Å². The fourth-order valence-corrected chi connectivity index (χ4v) is 1.97. The van der Waals surface area contributed by atoms with E-state index in [2.05, 4.69) is 4.72 Å². The van der Waals surface area contributed by atoms with Gasteiger partial charge in [-0.3, -0.25) is 9.62 Å². The lowest BCUT2D eigenvalue weighted by atomic mass is 10.2. The maximum Gasteiger partial charge on any atom is 0.414 e. The molecule has 112 valence electrons. The number of carbonyl (C=O) groups is 1. The molecule has 0 aliphatic rings. The average Bonchev–Trinajstić information content (AvgIpc) is 2.24. The molecule has 0 saturated heterocycles. The third kappa shape index (κ3) is 5.48. The van der Waals surface area contributed by atoms with Gasteiger partial charge in [0.2, 0.25) is 10.0 Å². The SMILES string of the molecule is CN(C(=O)OC(C)(C)C)c1ccc(NS(C)(=O)=O)cc1. The van der Waals surface area contributed by atoms with Crippen molar-refractivity contribution in [2.45, 2.75) is 26.4 Å². The van der Waals surface area contributed by atoms with Crippen LogP contribution in [0.15, 0.2) is 24.3 Å². The molecule has 0 fully saturated rings. The molecule has 0 atom stereocenters. The third-order valence-corrected chi connectivity index (χ3v) is 2.83. The van der Waals surface area contributed by atoms with Crippen LogP contribution in [0, 0.1) is 0 Å². The first kappa shape index (κ1) is 16.3. The van der Waals surface area contributed by atoms with Crippen molar-refractivity contribution in [3.05, 3.63) is 24.3 Å². The van der Waals surface area contributed by atoms with Gasteiger partial charge in [-0.05, 0) is 45.0 Å². The highest BCUT2D eigenvalue weighted by atomic mass is 32.2. The topological polar surface area (TPSA) is 75.7 Å². The molecule has 7 heteroatoms. The van der Waals surface area contributed by atoms with Crippen LogP contribution in [0.2, 0.25) is 0 Å². The molecule has 0 aliphatic heterocycles. The predicted molar refractivity (Wildman–Crippen MR) is 79.5 cm³/mol. The molecule has 0 aromatic heterocycles. The van der Waals surface area contributed by atoms with E-state index in [0.29, 0.717) is 11.4 Å². The maximum atomic E-state index is 11.9. The van der Waals surface area contributed by atoms with E-state index in [-0.39, 0.29) is 0 Å². The van der Waals surface area contributed by atoms with Gasteiger partial charge in [0.15, 0.2) is 0 Å². The molecule has 0 aliphatic carbocycles. The third-order valence-electron chi connectivity index (χ3n) is 2.23. The zero-order valence-electron chi connectivity index (χ0n) is 12.3. The largest absolute Gasteiger partial charge is 0.443 e. The van der Waals surface area contributed by atoms with E-state index in [0.717, 1.165) is 6.26 Å². The Labute approximate surface area is 119 Å². The first-order valence-corrected chi connectivity index (χ1v) is 7.92. The fourth-order valence-electron chi connectivity index (χ4n) is 1.40. The number of anilines is 2. The lowest BCUT2D eigenvalue weighted by Crippen LogP contribution is -2.34. The monoisotopic (exact) mass is 300 g/mol. The van der Waals surface area contributed by atoms with E-state index < -0.39 is 21.7 Å². The standard InChI is InChI=1S/C13H20N2O4S/c1-13(2,3)19-12(16)15(4)11-8-6-10(7-9-11)14-20(5,17)18/h6-9,14H,1-5H3. The quantitative estimate of drug-likeness (QED) is 0.930. The van der Waals surface area contributed by atoms with E-state index in [9.17, 15) is 13.2 Å². The summed E-state index contributed by atoms with van der Waals surface area (Å²) >= 11 is 0. The number of nitrogens with one attached hydrogen (secondary N) is 1. The van der Waals surface area contributed by atoms with E-state index in [1.165, 1.54) is 4.90 Å². The summed E-state index contributed by atoms with van der Waals surface area (Å²) in [7, 11) is -1.72. The van der Waals surface area contributed by atoms with Gasteiger partial charge >= 0.3 is 6.09 Å². The van der Waals surface area contributed by atoms with Crippen molar-refractivity contribution in [2.75, 3.05) is 22.9 Å². The maximum absolute atomic E-state index is 11.9. The van der Waals surface area contributed by atoms with Crippen molar-refractivity contribution >= 4 is 27.5 Å². The van der Waals surface area contributed by atoms with Crippen LogP contribution in [0.5, 0.6) is 0 Å². The molecule has 1 aromatic carbocycles. The van der Waals surface area contributed by atoms with Crippen molar-refractivity contribution in [3.8, 4) is 0 Å². The van der Waals surface area contributed by atoms with Crippen molar-refractivity contribution in [3.63, 3.8) is 0 Å². The van der Waals surface area contributed by atoms with Crippen LogP contribution in [0.4, 0.5) is 16.2 Å². The highest BCUT2D eigenvalue weighted by Crippen LogP contribution is 2.19. The lowest BCUT2D eigenvalue weighted by molar-refractivity contribution is 0.0589. The number of nitrogens with zero attached hydrogens (tertiary/aromatic N) is 1. The Morgan fingerprint density at radius 1 is 1.20 bits per heavy atom. The Bertz CT molecular complexity index is 573. The molecule has 1 rings (SSSR count). The number of sulfonamides is 1. The number of hydrogen-bond acceptors (Lipinski definition) is 4. The van der Waals surface area contributed by atoms with Gasteiger partial charge < -0.3 is 4.74 Å². The van der Waals surface area contributed by atoms with Gasteiger partial charge in [0.1, 0.15) is 5.60 Å². The Kier molecular flexibility index (Phi) is 4.65. The smallest absolute Gasteiger partial charge is 0.414 e. The van der Waals surface area contributed by atoms with Gasteiger partial charge in [-0.25, -0.2) is 13.2 Å². The highest BCUT2D eigenvalue weighted by Gasteiger charge is 2.20. The zero-order valence-corrected chi connectivity index (χ0v) is 13.1. The van der Waals surface area contributed by atoms with E-state index in [1.54, 1.807) is 52.1 Å². The molecule has 0 radical (unpaired) electrons. The second-order valence-corrected chi connectivity index (χ2v) is 7.21. The molecule has 1 aromatic rings. The summed E-state index contributed by atoms with van der Waals surface area (Å²) in [6.45, 7) is 5.37. The number of carbonyl (C=O) groups excluding carboxylic acids is 1. The van der Waals surface area contributed by atoms with Gasteiger partial charge in [0.05, 0.1) is 6.26 Å². The fraction of sp³-hybridized carbons (Fsp3) is 0.462. The summed E-state index contributed by atoms with van der Waals surface area (Å²) in [6.07, 6.45) is 0.606. The minimum Gasteiger partial charge on any atom is -0.443 e. The number of amides is 1. The first-order chi connectivity index (χ1) is 8.98. The van der Waals surface area contributed by atoms with Gasteiger partial charge in [0, 0.05) is 18.4 Å². The van der Waals surface area contributed by atoms with Gasteiger partial charge in [-0.1, -0.05) is 0 Å². The zero-order chi connectivity index (χ0) is 15.6. The Balaban J connectivity index is 2.80. The van der Waals surface area contributed by atoms with Gasteiger partial charge in [-0.2, -0.15) is 0 Å². The van der Waals surface area contributed by atoms with Crippen LogP contribution in [0.25, 0.3) is 0 Å². The second-order valence-electron chi connectivity index (χ2n) is 5.46. The second kappa shape index (κ2) is 5.70. The van der Waals surface area contributed by atoms with Crippen molar-refractivity contribution in [1.82, 2.24) is 0 Å². The summed E-state index contributed by atoms with van der Waals surface area (Å²) in [5.74, 6) is 0. The van der Waals surface area contributed by atoms with Crippen LogP contribution in [-0.4, -0.2) is 33.4 Å². The number of benzene rings is 1. The van der Waals surface area contributed by atoms with Crippen molar-refractivity contribution in [2.24, 2.45) is 0 Å². The summed E-state index contributed by atoms with van der Waals surface area (Å²) in [6, 6.07) is 6.43. The first-order valence-electron chi connectivity index (χ1n) is 6.02. The van der Waals surface area contributed by atoms with Crippen LogP contribution in [0.3, 0.4) is 0 Å². The molecule has 0 bridgehead atoms. The molecule has 1 amide bonds. The Hall–Kier alpha value is -1.76. The number of rotatable bonds is 3. The molecule has 0 unspecified atom stereocenters. The van der Waals surface area contributed by atoms with Crippen LogP contribution in [-0.2, 0) is 14.8 Å². The number of hydrogen-bond donors (Lipinski definition) is 1. The number of ether oxygens (including phenoxy) is 1. The lowest BCUT2D eigenvalue weighted by Gasteiger charge is -2.24. The molecule has 1 N–H and O–H groups in total. The summed E-state index contributed by atoms with van der Waals surface area (Å²) in [5, 5.41) is 0. The van der Waals surface area contributed by atoms with Crippen LogP contribution in [0.1, 0.15) is 20.8 Å². The molecule has 0 saturated carbocycles. The Morgan fingerprint density at radius 3 is 2.10 bits per heavy atom. The van der Waals surface area contributed by atoms with Gasteiger partial charge in [0.25, 0.3) is 0 Å². The molecule has 6 nitrogen and oxygen atoms in total. The average molecular weight is 300 g/mol. The minimum atomic E-state index is -3.31. The van der Waals surface area contributed by atoms with Crippen LogP contribution < -0.4 is 9.62 Å². The summed E-state index contributed by atoms with van der Waals surface area (Å²) < 4.78 is 29.8. The minimum absolute atomic E-state index is 0.439.